The zero-order chi connectivity index (χ0) is 16.1. The van der Waals surface area contributed by atoms with Crippen LogP contribution in [0.5, 0.6) is 0 Å². The smallest absolute Gasteiger partial charge is 0.166 e. The Hall–Kier alpha value is -2.26. The van der Waals surface area contributed by atoms with Crippen LogP contribution < -0.4 is 0 Å². The average Bonchev–Trinajstić information content (AvgIpc) is 2.63. The van der Waals surface area contributed by atoms with Crippen molar-refractivity contribution in [2.24, 2.45) is 11.8 Å². The Balaban J connectivity index is 1.74. The van der Waals surface area contributed by atoms with E-state index in [1.54, 1.807) is 0 Å². The SMILES string of the molecule is O=C(C[C@@H]1COCC[C@H]1C(=O)c1ccccc1)c1ccccc1. The van der Waals surface area contributed by atoms with Gasteiger partial charge in [0.1, 0.15) is 0 Å². The van der Waals surface area contributed by atoms with Crippen molar-refractivity contribution in [2.45, 2.75) is 12.8 Å². The van der Waals surface area contributed by atoms with Gasteiger partial charge < -0.3 is 4.74 Å². The molecule has 0 spiro atoms. The average molecular weight is 308 g/mol. The molecule has 0 aliphatic carbocycles. The second kappa shape index (κ2) is 7.34. The molecule has 0 N–H and O–H groups in total. The summed E-state index contributed by atoms with van der Waals surface area (Å²) in [7, 11) is 0. The topological polar surface area (TPSA) is 43.4 Å². The zero-order valence-corrected chi connectivity index (χ0v) is 13.0. The molecule has 1 aliphatic rings. The van der Waals surface area contributed by atoms with Crippen molar-refractivity contribution >= 4 is 11.6 Å². The van der Waals surface area contributed by atoms with Gasteiger partial charge in [-0.1, -0.05) is 60.7 Å². The van der Waals surface area contributed by atoms with Crippen LogP contribution in [-0.2, 0) is 4.74 Å². The Labute approximate surface area is 136 Å². The maximum atomic E-state index is 12.8. The summed E-state index contributed by atoms with van der Waals surface area (Å²) < 4.78 is 5.53. The fraction of sp³-hybridized carbons (Fsp3) is 0.300. The zero-order valence-electron chi connectivity index (χ0n) is 13.0. The van der Waals surface area contributed by atoms with Gasteiger partial charge in [-0.25, -0.2) is 0 Å². The van der Waals surface area contributed by atoms with E-state index >= 15 is 0 Å². The third-order valence-electron chi connectivity index (χ3n) is 4.41. The Kier molecular flexibility index (Phi) is 4.99. The normalized spacial score (nSPS) is 20.9. The summed E-state index contributed by atoms with van der Waals surface area (Å²) in [5.74, 6) is 0.00898. The largest absolute Gasteiger partial charge is 0.381 e. The molecule has 0 radical (unpaired) electrons. The minimum Gasteiger partial charge on any atom is -0.381 e. The number of carbonyl (C=O) groups excluding carboxylic acids is 2. The van der Waals surface area contributed by atoms with Crippen LogP contribution in [0.4, 0.5) is 0 Å². The van der Waals surface area contributed by atoms with E-state index in [4.69, 9.17) is 4.74 Å². The first-order valence-corrected chi connectivity index (χ1v) is 8.01. The highest BCUT2D eigenvalue weighted by molar-refractivity contribution is 5.99. The van der Waals surface area contributed by atoms with Crippen molar-refractivity contribution in [2.75, 3.05) is 13.2 Å². The van der Waals surface area contributed by atoms with Gasteiger partial charge in [0.2, 0.25) is 0 Å². The maximum Gasteiger partial charge on any atom is 0.166 e. The maximum absolute atomic E-state index is 12.8. The summed E-state index contributed by atoms with van der Waals surface area (Å²) in [5.41, 5.74) is 1.42. The van der Waals surface area contributed by atoms with Gasteiger partial charge in [-0.15, -0.1) is 0 Å². The summed E-state index contributed by atoms with van der Waals surface area (Å²) in [5, 5.41) is 0. The molecule has 1 fully saturated rings. The highest BCUT2D eigenvalue weighted by Gasteiger charge is 2.33. The molecule has 0 amide bonds. The molecule has 3 rings (SSSR count). The molecule has 1 saturated heterocycles. The van der Waals surface area contributed by atoms with Crippen LogP contribution in [0.3, 0.4) is 0 Å². The molecule has 0 aromatic heterocycles. The molecule has 2 aromatic carbocycles. The Morgan fingerprint density at radius 3 is 2.17 bits per heavy atom. The molecule has 3 nitrogen and oxygen atoms in total. The fourth-order valence-corrected chi connectivity index (χ4v) is 3.14. The third kappa shape index (κ3) is 3.74. The predicted molar refractivity (Wildman–Crippen MR) is 88.6 cm³/mol. The molecule has 0 unspecified atom stereocenters. The molecular weight excluding hydrogens is 288 g/mol. The van der Waals surface area contributed by atoms with Gasteiger partial charge >= 0.3 is 0 Å². The standard InChI is InChI=1S/C20H20O3/c21-19(15-7-3-1-4-8-15)13-17-14-23-12-11-18(17)20(22)16-9-5-2-6-10-16/h1-10,17-18H,11-14H2/t17-,18-/m1/s1. The second-order valence-electron chi connectivity index (χ2n) is 5.95. The lowest BCUT2D eigenvalue weighted by Crippen LogP contribution is -2.34. The predicted octanol–water partition coefficient (Wildman–Crippen LogP) is 3.80. The first-order valence-electron chi connectivity index (χ1n) is 8.01. The van der Waals surface area contributed by atoms with Gasteiger partial charge in [-0.2, -0.15) is 0 Å². The van der Waals surface area contributed by atoms with Gasteiger partial charge in [0.15, 0.2) is 11.6 Å². The molecule has 1 heterocycles. The summed E-state index contributed by atoms with van der Waals surface area (Å²) in [6.45, 7) is 1.06. The van der Waals surface area contributed by atoms with Gasteiger partial charge in [0, 0.05) is 30.1 Å². The number of Topliss-reactive ketones (excluding diaryl/α,β-unsaturated/α-hetero) is 2. The number of hydrogen-bond donors (Lipinski definition) is 0. The Bertz CT molecular complexity index is 664. The van der Waals surface area contributed by atoms with Gasteiger partial charge in [-0.05, 0) is 12.3 Å². The van der Waals surface area contributed by atoms with Crippen molar-refractivity contribution in [3.63, 3.8) is 0 Å². The highest BCUT2D eigenvalue weighted by atomic mass is 16.5. The van der Waals surface area contributed by atoms with Gasteiger partial charge in [0.05, 0.1) is 6.61 Å². The summed E-state index contributed by atoms with van der Waals surface area (Å²) in [6.07, 6.45) is 1.04. The van der Waals surface area contributed by atoms with Crippen LogP contribution in [-0.4, -0.2) is 24.8 Å². The van der Waals surface area contributed by atoms with Gasteiger partial charge in [0.25, 0.3) is 0 Å². The summed E-state index contributed by atoms with van der Waals surface area (Å²) in [4.78, 5) is 25.2. The molecule has 118 valence electrons. The lowest BCUT2D eigenvalue weighted by atomic mass is 9.79. The van der Waals surface area contributed by atoms with Crippen LogP contribution in [0, 0.1) is 11.8 Å². The van der Waals surface area contributed by atoms with E-state index in [9.17, 15) is 9.59 Å². The number of carbonyl (C=O) groups is 2. The lowest BCUT2D eigenvalue weighted by Gasteiger charge is -2.30. The minimum atomic E-state index is -0.140. The molecule has 0 bridgehead atoms. The Morgan fingerprint density at radius 1 is 0.913 bits per heavy atom. The third-order valence-corrected chi connectivity index (χ3v) is 4.41. The molecule has 1 aliphatic heterocycles. The quantitative estimate of drug-likeness (QED) is 0.789. The number of benzene rings is 2. The van der Waals surface area contributed by atoms with E-state index in [0.29, 0.717) is 31.6 Å². The number of hydrogen-bond acceptors (Lipinski definition) is 3. The van der Waals surface area contributed by atoms with Gasteiger partial charge in [-0.3, -0.25) is 9.59 Å². The number of ether oxygens (including phenoxy) is 1. The first-order chi connectivity index (χ1) is 11.3. The van der Waals surface area contributed by atoms with Crippen LogP contribution in [0.1, 0.15) is 33.6 Å². The van der Waals surface area contributed by atoms with Crippen LogP contribution in [0.2, 0.25) is 0 Å². The van der Waals surface area contributed by atoms with Crippen molar-refractivity contribution in [3.05, 3.63) is 71.8 Å². The molecule has 2 aromatic rings. The lowest BCUT2D eigenvalue weighted by molar-refractivity contribution is 0.0159. The molecule has 23 heavy (non-hydrogen) atoms. The van der Waals surface area contributed by atoms with E-state index in [1.165, 1.54) is 0 Å². The van der Waals surface area contributed by atoms with E-state index in [1.807, 2.05) is 60.7 Å². The molecule has 0 saturated carbocycles. The monoisotopic (exact) mass is 308 g/mol. The van der Waals surface area contributed by atoms with Crippen molar-refractivity contribution < 1.29 is 14.3 Å². The van der Waals surface area contributed by atoms with E-state index in [0.717, 1.165) is 5.56 Å². The second-order valence-corrected chi connectivity index (χ2v) is 5.95. The van der Waals surface area contributed by atoms with Crippen molar-refractivity contribution in [1.29, 1.82) is 0 Å². The van der Waals surface area contributed by atoms with Crippen LogP contribution in [0.15, 0.2) is 60.7 Å². The highest BCUT2D eigenvalue weighted by Crippen LogP contribution is 2.29. The molecular formula is C20H20O3. The summed E-state index contributed by atoms with van der Waals surface area (Å²) in [6, 6.07) is 18.6. The van der Waals surface area contributed by atoms with Crippen LogP contribution in [0.25, 0.3) is 0 Å². The number of rotatable bonds is 5. The molecule has 2 atom stereocenters. The number of ketones is 2. The van der Waals surface area contributed by atoms with E-state index < -0.39 is 0 Å². The van der Waals surface area contributed by atoms with E-state index in [2.05, 4.69) is 0 Å². The first kappa shape index (κ1) is 15.6. The van der Waals surface area contributed by atoms with Crippen LogP contribution >= 0.6 is 0 Å². The van der Waals surface area contributed by atoms with E-state index in [-0.39, 0.29) is 23.4 Å². The van der Waals surface area contributed by atoms with Crippen molar-refractivity contribution in [3.8, 4) is 0 Å². The molecule has 3 heteroatoms. The summed E-state index contributed by atoms with van der Waals surface area (Å²) >= 11 is 0. The Morgan fingerprint density at radius 2 is 1.52 bits per heavy atom. The minimum absolute atomic E-state index is 0.0517. The fourth-order valence-electron chi connectivity index (χ4n) is 3.14. The van der Waals surface area contributed by atoms with Crippen molar-refractivity contribution in [1.82, 2.24) is 0 Å².